The number of carbonyl (C=O) groups is 1. The van der Waals surface area contributed by atoms with E-state index in [1.54, 1.807) is 0 Å². The standard InChI is InChI=1S/C16H22N4O2/c1-2-13-15(20-7-4-3-5-14(20)18-13)16(21)17-6-8-19-9-11-22-12-10-19/h3-5,7H,2,6,8-12H2,1H3,(H,17,21). The zero-order chi connectivity index (χ0) is 15.4. The second-order valence-electron chi connectivity index (χ2n) is 5.40. The Kier molecular flexibility index (Phi) is 4.70. The highest BCUT2D eigenvalue weighted by Crippen LogP contribution is 2.13. The molecule has 22 heavy (non-hydrogen) atoms. The molecule has 0 aliphatic carbocycles. The molecule has 0 saturated carbocycles. The Labute approximate surface area is 130 Å². The van der Waals surface area contributed by atoms with Gasteiger partial charge in [0.25, 0.3) is 5.91 Å². The molecule has 6 nitrogen and oxygen atoms in total. The average molecular weight is 302 g/mol. The Bertz CT molecular complexity index is 647. The number of fused-ring (bicyclic) bond motifs is 1. The van der Waals surface area contributed by atoms with E-state index in [9.17, 15) is 4.79 Å². The first kappa shape index (κ1) is 15.0. The zero-order valence-electron chi connectivity index (χ0n) is 12.9. The van der Waals surface area contributed by atoms with E-state index in [-0.39, 0.29) is 5.91 Å². The maximum Gasteiger partial charge on any atom is 0.270 e. The van der Waals surface area contributed by atoms with Gasteiger partial charge in [0.15, 0.2) is 0 Å². The van der Waals surface area contributed by atoms with Crippen LogP contribution in [-0.4, -0.2) is 59.6 Å². The summed E-state index contributed by atoms with van der Waals surface area (Å²) in [5.74, 6) is -0.0520. The van der Waals surface area contributed by atoms with Crippen LogP contribution in [-0.2, 0) is 11.2 Å². The summed E-state index contributed by atoms with van der Waals surface area (Å²) in [7, 11) is 0. The molecule has 0 unspecified atom stereocenters. The predicted octanol–water partition coefficient (Wildman–Crippen LogP) is 0.959. The lowest BCUT2D eigenvalue weighted by Crippen LogP contribution is -2.41. The van der Waals surface area contributed by atoms with Gasteiger partial charge >= 0.3 is 0 Å². The van der Waals surface area contributed by atoms with E-state index >= 15 is 0 Å². The van der Waals surface area contributed by atoms with Crippen LogP contribution in [0.1, 0.15) is 23.1 Å². The molecule has 1 N–H and O–H groups in total. The first-order valence-electron chi connectivity index (χ1n) is 7.84. The Balaban J connectivity index is 1.66. The Hall–Kier alpha value is -1.92. The van der Waals surface area contributed by atoms with Crippen molar-refractivity contribution >= 4 is 11.6 Å². The van der Waals surface area contributed by atoms with E-state index in [2.05, 4.69) is 15.2 Å². The van der Waals surface area contributed by atoms with Gasteiger partial charge in [0.1, 0.15) is 11.3 Å². The second kappa shape index (κ2) is 6.89. The molecule has 1 aliphatic heterocycles. The molecule has 2 aromatic rings. The number of pyridine rings is 1. The highest BCUT2D eigenvalue weighted by Gasteiger charge is 2.18. The number of rotatable bonds is 5. The van der Waals surface area contributed by atoms with Gasteiger partial charge in [0.2, 0.25) is 0 Å². The smallest absolute Gasteiger partial charge is 0.270 e. The van der Waals surface area contributed by atoms with Crippen LogP contribution in [0.4, 0.5) is 0 Å². The monoisotopic (exact) mass is 302 g/mol. The molecule has 1 fully saturated rings. The van der Waals surface area contributed by atoms with Crippen molar-refractivity contribution in [2.24, 2.45) is 0 Å². The molecule has 1 amide bonds. The molecule has 3 heterocycles. The summed E-state index contributed by atoms with van der Waals surface area (Å²) in [6, 6.07) is 5.77. The highest BCUT2D eigenvalue weighted by molar-refractivity contribution is 5.94. The topological polar surface area (TPSA) is 58.9 Å². The van der Waals surface area contributed by atoms with Crippen molar-refractivity contribution in [3.05, 3.63) is 35.8 Å². The quantitative estimate of drug-likeness (QED) is 0.894. The largest absolute Gasteiger partial charge is 0.379 e. The molecule has 3 rings (SSSR count). The Morgan fingerprint density at radius 1 is 1.36 bits per heavy atom. The number of hydrogen-bond donors (Lipinski definition) is 1. The van der Waals surface area contributed by atoms with Crippen LogP contribution in [0.25, 0.3) is 5.65 Å². The molecule has 1 saturated heterocycles. The minimum atomic E-state index is -0.0520. The van der Waals surface area contributed by atoms with Crippen molar-refractivity contribution in [3.8, 4) is 0 Å². The molecule has 0 spiro atoms. The van der Waals surface area contributed by atoms with E-state index in [0.717, 1.165) is 50.6 Å². The Morgan fingerprint density at radius 3 is 2.95 bits per heavy atom. The SMILES string of the molecule is CCc1nc2ccccn2c1C(=O)NCCN1CCOCC1. The summed E-state index contributed by atoms with van der Waals surface area (Å²) in [6.45, 7) is 6.95. The number of nitrogens with one attached hydrogen (secondary N) is 1. The van der Waals surface area contributed by atoms with Crippen molar-refractivity contribution in [2.45, 2.75) is 13.3 Å². The van der Waals surface area contributed by atoms with E-state index < -0.39 is 0 Å². The number of nitrogens with zero attached hydrogens (tertiary/aromatic N) is 3. The van der Waals surface area contributed by atoms with Crippen LogP contribution in [0.3, 0.4) is 0 Å². The van der Waals surface area contributed by atoms with Crippen molar-refractivity contribution < 1.29 is 9.53 Å². The van der Waals surface area contributed by atoms with Gasteiger partial charge in [-0.3, -0.25) is 14.1 Å². The first-order chi connectivity index (χ1) is 10.8. The number of ether oxygens (including phenoxy) is 1. The minimum absolute atomic E-state index is 0.0520. The molecule has 1 aliphatic rings. The summed E-state index contributed by atoms with van der Waals surface area (Å²) < 4.78 is 7.19. The molecule has 0 radical (unpaired) electrons. The normalized spacial score (nSPS) is 16.0. The number of carbonyl (C=O) groups excluding carboxylic acids is 1. The van der Waals surface area contributed by atoms with Gasteiger partial charge in [-0.2, -0.15) is 0 Å². The van der Waals surface area contributed by atoms with E-state index in [1.165, 1.54) is 0 Å². The fourth-order valence-corrected chi connectivity index (χ4v) is 2.77. The molecule has 6 heteroatoms. The van der Waals surface area contributed by atoms with E-state index in [0.29, 0.717) is 12.2 Å². The second-order valence-corrected chi connectivity index (χ2v) is 5.40. The Morgan fingerprint density at radius 2 is 2.18 bits per heavy atom. The average Bonchev–Trinajstić information content (AvgIpc) is 2.94. The highest BCUT2D eigenvalue weighted by atomic mass is 16.5. The first-order valence-corrected chi connectivity index (χ1v) is 7.84. The number of morpholine rings is 1. The van der Waals surface area contributed by atoms with Crippen molar-refractivity contribution in [1.29, 1.82) is 0 Å². The number of imidazole rings is 1. The van der Waals surface area contributed by atoms with Gasteiger partial charge in [-0.15, -0.1) is 0 Å². The third kappa shape index (κ3) is 3.13. The third-order valence-corrected chi connectivity index (χ3v) is 3.97. The molecule has 0 atom stereocenters. The van der Waals surface area contributed by atoms with E-state index in [1.807, 2.05) is 35.7 Å². The summed E-state index contributed by atoms with van der Waals surface area (Å²) in [5, 5.41) is 3.02. The van der Waals surface area contributed by atoms with Gasteiger partial charge in [0, 0.05) is 32.4 Å². The predicted molar refractivity (Wildman–Crippen MR) is 84.2 cm³/mol. The lowest BCUT2D eigenvalue weighted by molar-refractivity contribution is 0.0383. The zero-order valence-corrected chi connectivity index (χ0v) is 12.9. The fraction of sp³-hybridized carbons (Fsp3) is 0.500. The van der Waals surface area contributed by atoms with Gasteiger partial charge in [0.05, 0.1) is 18.9 Å². The lowest BCUT2D eigenvalue weighted by Gasteiger charge is -2.26. The van der Waals surface area contributed by atoms with Gasteiger partial charge in [-0.05, 0) is 18.6 Å². The van der Waals surface area contributed by atoms with Crippen molar-refractivity contribution in [3.63, 3.8) is 0 Å². The maximum atomic E-state index is 12.5. The van der Waals surface area contributed by atoms with Crippen molar-refractivity contribution in [2.75, 3.05) is 39.4 Å². The maximum absolute atomic E-state index is 12.5. The molecular formula is C16H22N4O2. The van der Waals surface area contributed by atoms with Crippen LogP contribution in [0.15, 0.2) is 24.4 Å². The van der Waals surface area contributed by atoms with Crippen LogP contribution in [0.2, 0.25) is 0 Å². The summed E-state index contributed by atoms with van der Waals surface area (Å²) in [4.78, 5) is 19.4. The number of hydrogen-bond acceptors (Lipinski definition) is 4. The van der Waals surface area contributed by atoms with Crippen LogP contribution < -0.4 is 5.32 Å². The number of aromatic nitrogens is 2. The number of amides is 1. The van der Waals surface area contributed by atoms with Crippen molar-refractivity contribution in [1.82, 2.24) is 19.6 Å². The summed E-state index contributed by atoms with van der Waals surface area (Å²) in [5.41, 5.74) is 2.31. The summed E-state index contributed by atoms with van der Waals surface area (Å²) >= 11 is 0. The molecule has 118 valence electrons. The molecule has 2 aromatic heterocycles. The van der Waals surface area contributed by atoms with Gasteiger partial charge < -0.3 is 10.1 Å². The lowest BCUT2D eigenvalue weighted by atomic mass is 10.2. The van der Waals surface area contributed by atoms with Crippen LogP contribution in [0, 0.1) is 0 Å². The molecule has 0 bridgehead atoms. The minimum Gasteiger partial charge on any atom is -0.379 e. The fourth-order valence-electron chi connectivity index (χ4n) is 2.77. The molecule has 0 aromatic carbocycles. The van der Waals surface area contributed by atoms with Gasteiger partial charge in [-0.25, -0.2) is 4.98 Å². The third-order valence-electron chi connectivity index (χ3n) is 3.97. The van der Waals surface area contributed by atoms with Crippen LogP contribution >= 0.6 is 0 Å². The summed E-state index contributed by atoms with van der Waals surface area (Å²) in [6.07, 6.45) is 2.63. The van der Waals surface area contributed by atoms with E-state index in [4.69, 9.17) is 4.74 Å². The number of aryl methyl sites for hydroxylation is 1. The molecular weight excluding hydrogens is 280 g/mol. The van der Waals surface area contributed by atoms with Gasteiger partial charge in [-0.1, -0.05) is 13.0 Å². The van der Waals surface area contributed by atoms with Crippen LogP contribution in [0.5, 0.6) is 0 Å².